The smallest absolute Gasteiger partial charge is 0.406 e. The maximum absolute atomic E-state index is 12.9. The van der Waals surface area contributed by atoms with Crippen LogP contribution in [-0.4, -0.2) is 33.5 Å². The number of ketones is 1. The van der Waals surface area contributed by atoms with Crippen LogP contribution in [0.15, 0.2) is 71.5 Å². The van der Waals surface area contributed by atoms with E-state index in [0.29, 0.717) is 16.7 Å². The van der Waals surface area contributed by atoms with Gasteiger partial charge < -0.3 is 9.47 Å². The second kappa shape index (κ2) is 9.91. The highest BCUT2D eigenvalue weighted by Crippen LogP contribution is 2.27. The first-order chi connectivity index (χ1) is 17.4. The number of rotatable bonds is 7. The fraction of sp³-hybridized carbons (Fsp3) is 0.167. The van der Waals surface area contributed by atoms with Crippen LogP contribution in [0.4, 0.5) is 26.3 Å². The molecule has 1 heterocycles. The minimum absolute atomic E-state index is 0.129. The Bertz CT molecular complexity index is 1480. The van der Waals surface area contributed by atoms with Crippen molar-refractivity contribution >= 4 is 16.7 Å². The number of carbonyl (C=O) groups excluding carboxylic acids is 1. The van der Waals surface area contributed by atoms with Gasteiger partial charge in [0, 0.05) is 6.42 Å². The molecular formula is C24H15F6N3O4. The van der Waals surface area contributed by atoms with Crippen LogP contribution in [0.2, 0.25) is 0 Å². The van der Waals surface area contributed by atoms with E-state index in [-0.39, 0.29) is 17.3 Å². The molecule has 192 valence electrons. The van der Waals surface area contributed by atoms with Gasteiger partial charge in [0.1, 0.15) is 23.6 Å². The standard InChI is InChI=1S/C24H15F6N3O4/c25-23(26,27)36-18-6-1-14(2-7-18)11-17(34)13-33-22(35)20-12-16(5-10-21(20)31-32-33)15-3-8-19(9-4-15)37-24(28,29)30/h1-10,12H,11,13H2. The monoisotopic (exact) mass is 523 g/mol. The lowest BCUT2D eigenvalue weighted by molar-refractivity contribution is -0.275. The van der Waals surface area contributed by atoms with E-state index in [4.69, 9.17) is 0 Å². The summed E-state index contributed by atoms with van der Waals surface area (Å²) in [4.78, 5) is 25.4. The molecule has 0 aliphatic carbocycles. The van der Waals surface area contributed by atoms with Gasteiger partial charge in [0.25, 0.3) is 5.56 Å². The first-order valence-corrected chi connectivity index (χ1v) is 10.5. The summed E-state index contributed by atoms with van der Waals surface area (Å²) in [7, 11) is 0. The molecule has 0 unspecified atom stereocenters. The second-order valence-electron chi connectivity index (χ2n) is 7.76. The summed E-state index contributed by atoms with van der Waals surface area (Å²) in [6, 6.07) is 14.4. The highest BCUT2D eigenvalue weighted by atomic mass is 19.4. The molecular weight excluding hydrogens is 508 g/mol. The molecule has 0 amide bonds. The van der Waals surface area contributed by atoms with Gasteiger partial charge in [-0.25, -0.2) is 4.68 Å². The van der Waals surface area contributed by atoms with Crippen LogP contribution in [0.5, 0.6) is 11.5 Å². The van der Waals surface area contributed by atoms with Gasteiger partial charge in [-0.2, -0.15) is 0 Å². The molecule has 0 bridgehead atoms. The van der Waals surface area contributed by atoms with E-state index in [9.17, 15) is 35.9 Å². The van der Waals surface area contributed by atoms with Crippen LogP contribution in [0.1, 0.15) is 5.56 Å². The first kappa shape index (κ1) is 25.7. The van der Waals surface area contributed by atoms with Crippen LogP contribution in [0.3, 0.4) is 0 Å². The third-order valence-corrected chi connectivity index (χ3v) is 5.03. The topological polar surface area (TPSA) is 83.3 Å². The number of hydrogen-bond donors (Lipinski definition) is 0. The minimum Gasteiger partial charge on any atom is -0.406 e. The number of carbonyl (C=O) groups is 1. The SMILES string of the molecule is O=C(Cc1ccc(OC(F)(F)F)cc1)Cn1nnc2ccc(-c3ccc(OC(F)(F)F)cc3)cc2c1=O. The van der Waals surface area contributed by atoms with Gasteiger partial charge in [-0.15, -0.1) is 31.4 Å². The number of halogens is 6. The third-order valence-electron chi connectivity index (χ3n) is 5.03. The summed E-state index contributed by atoms with van der Waals surface area (Å²) >= 11 is 0. The molecule has 0 saturated heterocycles. The summed E-state index contributed by atoms with van der Waals surface area (Å²) < 4.78 is 82.4. The zero-order valence-corrected chi connectivity index (χ0v) is 18.5. The molecule has 0 aliphatic heterocycles. The van der Waals surface area contributed by atoms with Crippen molar-refractivity contribution in [2.45, 2.75) is 25.7 Å². The van der Waals surface area contributed by atoms with Crippen molar-refractivity contribution < 1.29 is 40.6 Å². The van der Waals surface area contributed by atoms with Crippen LogP contribution in [0, 0.1) is 0 Å². The largest absolute Gasteiger partial charge is 0.573 e. The van der Waals surface area contributed by atoms with Crippen molar-refractivity contribution in [1.82, 2.24) is 15.0 Å². The average molecular weight is 523 g/mol. The maximum atomic E-state index is 12.9. The fourth-order valence-electron chi connectivity index (χ4n) is 3.47. The number of aromatic nitrogens is 3. The number of ether oxygens (including phenoxy) is 2. The first-order valence-electron chi connectivity index (χ1n) is 10.5. The van der Waals surface area contributed by atoms with Crippen molar-refractivity contribution in [2.24, 2.45) is 0 Å². The van der Waals surface area contributed by atoms with Crippen LogP contribution >= 0.6 is 0 Å². The number of benzene rings is 3. The fourth-order valence-corrected chi connectivity index (χ4v) is 3.47. The molecule has 4 rings (SSSR count). The zero-order chi connectivity index (χ0) is 26.8. The quantitative estimate of drug-likeness (QED) is 0.315. The molecule has 0 N–H and O–H groups in total. The van der Waals surface area contributed by atoms with E-state index in [2.05, 4.69) is 19.8 Å². The third kappa shape index (κ3) is 6.84. The maximum Gasteiger partial charge on any atom is 0.573 e. The normalized spacial score (nSPS) is 11.9. The molecule has 4 aromatic rings. The summed E-state index contributed by atoms with van der Waals surface area (Å²) in [5.41, 5.74) is 1.05. The molecule has 3 aromatic carbocycles. The van der Waals surface area contributed by atoms with Gasteiger partial charge in [0.2, 0.25) is 0 Å². The Morgan fingerprint density at radius 3 is 1.89 bits per heavy atom. The molecule has 1 aromatic heterocycles. The van der Waals surface area contributed by atoms with Gasteiger partial charge in [0.15, 0.2) is 5.78 Å². The lowest BCUT2D eigenvalue weighted by atomic mass is 10.0. The van der Waals surface area contributed by atoms with Crippen molar-refractivity contribution in [1.29, 1.82) is 0 Å². The highest BCUT2D eigenvalue weighted by Gasteiger charge is 2.31. The second-order valence-corrected chi connectivity index (χ2v) is 7.76. The van der Waals surface area contributed by atoms with Gasteiger partial charge in [0.05, 0.1) is 5.39 Å². The molecule has 0 aliphatic rings. The highest BCUT2D eigenvalue weighted by molar-refractivity contribution is 5.84. The van der Waals surface area contributed by atoms with Gasteiger partial charge in [-0.3, -0.25) is 9.59 Å². The van der Waals surface area contributed by atoms with Crippen LogP contribution in [0.25, 0.3) is 22.0 Å². The lowest BCUT2D eigenvalue weighted by Crippen LogP contribution is -2.28. The van der Waals surface area contributed by atoms with E-state index in [0.717, 1.165) is 28.9 Å². The minimum atomic E-state index is -4.84. The Hall–Kier alpha value is -4.42. The lowest BCUT2D eigenvalue weighted by Gasteiger charge is -2.10. The molecule has 7 nitrogen and oxygen atoms in total. The summed E-state index contributed by atoms with van der Waals surface area (Å²) in [5.74, 6) is -1.28. The van der Waals surface area contributed by atoms with Crippen molar-refractivity contribution in [3.05, 3.63) is 82.6 Å². The molecule has 0 fully saturated rings. The van der Waals surface area contributed by atoms with Gasteiger partial charge in [-0.05, 0) is 53.1 Å². The van der Waals surface area contributed by atoms with Gasteiger partial charge >= 0.3 is 12.7 Å². The number of Topliss-reactive ketones (excluding diaryl/α,β-unsaturated/α-hetero) is 1. The molecule has 0 spiro atoms. The molecule has 0 radical (unpaired) electrons. The number of hydrogen-bond acceptors (Lipinski definition) is 6. The average Bonchev–Trinajstić information content (AvgIpc) is 2.81. The van der Waals surface area contributed by atoms with Crippen molar-refractivity contribution in [3.8, 4) is 22.6 Å². The summed E-state index contributed by atoms with van der Waals surface area (Å²) in [6.07, 6.45) is -9.83. The Kier molecular flexibility index (Phi) is 6.88. The van der Waals surface area contributed by atoms with Crippen molar-refractivity contribution in [3.63, 3.8) is 0 Å². The number of alkyl halides is 6. The Balaban J connectivity index is 1.50. The summed E-state index contributed by atoms with van der Waals surface area (Å²) in [6.45, 7) is -0.434. The molecule has 0 atom stereocenters. The Labute approximate surface area is 203 Å². The summed E-state index contributed by atoms with van der Waals surface area (Å²) in [5, 5.41) is 7.81. The molecule has 37 heavy (non-hydrogen) atoms. The Morgan fingerprint density at radius 1 is 0.784 bits per heavy atom. The van der Waals surface area contributed by atoms with Crippen molar-refractivity contribution in [2.75, 3.05) is 0 Å². The van der Waals surface area contributed by atoms with Crippen LogP contribution < -0.4 is 15.0 Å². The molecule has 0 saturated carbocycles. The number of fused-ring (bicyclic) bond motifs is 1. The van der Waals surface area contributed by atoms with E-state index < -0.39 is 42.1 Å². The van der Waals surface area contributed by atoms with E-state index in [1.54, 1.807) is 6.07 Å². The van der Waals surface area contributed by atoms with Crippen LogP contribution in [-0.2, 0) is 17.8 Å². The molecule has 13 heteroatoms. The Morgan fingerprint density at radius 2 is 1.32 bits per heavy atom. The zero-order valence-electron chi connectivity index (χ0n) is 18.5. The van der Waals surface area contributed by atoms with E-state index in [1.165, 1.54) is 36.4 Å². The predicted octanol–water partition coefficient (Wildman–Crippen LogP) is 5.07. The van der Waals surface area contributed by atoms with E-state index in [1.807, 2.05) is 0 Å². The van der Waals surface area contributed by atoms with Gasteiger partial charge in [-0.1, -0.05) is 35.5 Å². The predicted molar refractivity (Wildman–Crippen MR) is 118 cm³/mol. The van der Waals surface area contributed by atoms with E-state index >= 15 is 0 Å². The number of nitrogens with zero attached hydrogens (tertiary/aromatic N) is 3.